The van der Waals surface area contributed by atoms with Crippen LogP contribution in [0.5, 0.6) is 0 Å². The summed E-state index contributed by atoms with van der Waals surface area (Å²) < 4.78 is 0. The molecule has 1 fully saturated rings. The molecule has 4 nitrogen and oxygen atoms in total. The fraction of sp³-hybridized carbons (Fsp3) is 0.533. The van der Waals surface area contributed by atoms with Gasteiger partial charge in [-0.15, -0.1) is 0 Å². The second kappa shape index (κ2) is 6.68. The van der Waals surface area contributed by atoms with E-state index in [2.05, 4.69) is 9.80 Å². The summed E-state index contributed by atoms with van der Waals surface area (Å²) in [5.74, 6) is 0.140. The van der Waals surface area contributed by atoms with Gasteiger partial charge in [-0.2, -0.15) is 0 Å². The van der Waals surface area contributed by atoms with Crippen LogP contribution in [0.4, 0.5) is 5.69 Å². The van der Waals surface area contributed by atoms with E-state index in [4.69, 9.17) is 5.73 Å². The number of Topliss-reactive ketones (excluding diaryl/α,β-unsaturated/α-hetero) is 1. The molecule has 0 bridgehead atoms. The van der Waals surface area contributed by atoms with Crippen LogP contribution in [0.25, 0.3) is 0 Å². The van der Waals surface area contributed by atoms with Gasteiger partial charge in [0.25, 0.3) is 0 Å². The molecule has 1 saturated heterocycles. The highest BCUT2D eigenvalue weighted by Crippen LogP contribution is 2.22. The van der Waals surface area contributed by atoms with E-state index in [0.29, 0.717) is 0 Å². The van der Waals surface area contributed by atoms with Crippen molar-refractivity contribution in [3.8, 4) is 0 Å². The number of piperazine rings is 1. The topological polar surface area (TPSA) is 49.6 Å². The molecular formula is C15H23N3O. The van der Waals surface area contributed by atoms with Crippen LogP contribution in [0.2, 0.25) is 0 Å². The predicted octanol–water partition coefficient (Wildman–Crippen LogP) is 1.36. The molecule has 1 aromatic carbocycles. The van der Waals surface area contributed by atoms with Gasteiger partial charge in [-0.05, 0) is 38.6 Å². The number of hydrogen-bond donors (Lipinski definition) is 1. The summed E-state index contributed by atoms with van der Waals surface area (Å²) in [5, 5.41) is 0. The Labute approximate surface area is 115 Å². The van der Waals surface area contributed by atoms with E-state index in [1.165, 1.54) is 0 Å². The summed E-state index contributed by atoms with van der Waals surface area (Å²) in [5.41, 5.74) is 7.45. The second-order valence-electron chi connectivity index (χ2n) is 5.04. The van der Waals surface area contributed by atoms with E-state index in [1.54, 1.807) is 6.92 Å². The lowest BCUT2D eigenvalue weighted by atomic mass is 10.1. The van der Waals surface area contributed by atoms with Gasteiger partial charge in [0.1, 0.15) is 0 Å². The van der Waals surface area contributed by atoms with E-state index in [9.17, 15) is 4.79 Å². The van der Waals surface area contributed by atoms with E-state index in [1.807, 2.05) is 24.3 Å². The van der Waals surface area contributed by atoms with E-state index in [-0.39, 0.29) is 5.78 Å². The first-order valence-electron chi connectivity index (χ1n) is 6.99. The molecule has 1 aliphatic rings. The van der Waals surface area contributed by atoms with Crippen LogP contribution < -0.4 is 10.6 Å². The summed E-state index contributed by atoms with van der Waals surface area (Å²) >= 11 is 0. The maximum absolute atomic E-state index is 11.7. The van der Waals surface area contributed by atoms with Crippen molar-refractivity contribution in [1.29, 1.82) is 0 Å². The Hall–Kier alpha value is -1.39. The lowest BCUT2D eigenvalue weighted by Crippen LogP contribution is -2.47. The van der Waals surface area contributed by atoms with Crippen LogP contribution in [0, 0.1) is 0 Å². The number of anilines is 1. The zero-order valence-corrected chi connectivity index (χ0v) is 11.6. The van der Waals surface area contributed by atoms with Gasteiger partial charge in [0.2, 0.25) is 0 Å². The Kier molecular flexibility index (Phi) is 4.93. The van der Waals surface area contributed by atoms with Crippen LogP contribution in [0.15, 0.2) is 24.3 Å². The molecule has 0 unspecified atom stereocenters. The predicted molar refractivity (Wildman–Crippen MR) is 78.8 cm³/mol. The average molecular weight is 261 g/mol. The van der Waals surface area contributed by atoms with Gasteiger partial charge in [0.05, 0.1) is 0 Å². The minimum absolute atomic E-state index is 0.140. The molecule has 1 heterocycles. The number of nitrogens with zero attached hydrogens (tertiary/aromatic N) is 2. The normalized spacial score (nSPS) is 16.6. The SMILES string of the molecule is CC(=O)c1ccccc1N1CCN(CCCN)CC1. The summed E-state index contributed by atoms with van der Waals surface area (Å²) in [4.78, 5) is 16.4. The van der Waals surface area contributed by atoms with Crippen molar-refractivity contribution in [3.63, 3.8) is 0 Å². The van der Waals surface area contributed by atoms with Gasteiger partial charge in [-0.25, -0.2) is 0 Å². The Balaban J connectivity index is 2.00. The first kappa shape index (κ1) is 14.0. The monoisotopic (exact) mass is 261 g/mol. The first-order chi connectivity index (χ1) is 9.22. The van der Waals surface area contributed by atoms with Crippen LogP contribution in [-0.4, -0.2) is 50.0 Å². The third-order valence-electron chi connectivity index (χ3n) is 3.67. The third-order valence-corrected chi connectivity index (χ3v) is 3.67. The highest BCUT2D eigenvalue weighted by molar-refractivity contribution is 5.99. The quantitative estimate of drug-likeness (QED) is 0.813. The summed E-state index contributed by atoms with van der Waals surface area (Å²) in [6.45, 7) is 7.53. The molecule has 0 spiro atoms. The molecule has 2 N–H and O–H groups in total. The smallest absolute Gasteiger partial charge is 0.161 e. The van der Waals surface area contributed by atoms with Gasteiger partial charge >= 0.3 is 0 Å². The minimum atomic E-state index is 0.140. The molecule has 0 aromatic heterocycles. The van der Waals surface area contributed by atoms with E-state index < -0.39 is 0 Å². The fourth-order valence-corrected chi connectivity index (χ4v) is 2.57. The van der Waals surface area contributed by atoms with Crippen LogP contribution in [0.3, 0.4) is 0 Å². The number of carbonyl (C=O) groups is 1. The Bertz CT molecular complexity index is 425. The number of carbonyl (C=O) groups excluding carboxylic acids is 1. The molecule has 0 atom stereocenters. The molecular weight excluding hydrogens is 238 g/mol. The lowest BCUT2D eigenvalue weighted by molar-refractivity contribution is 0.101. The molecule has 0 saturated carbocycles. The number of ketones is 1. The molecule has 0 amide bonds. The molecule has 1 aromatic rings. The van der Waals surface area contributed by atoms with Gasteiger partial charge in [-0.3, -0.25) is 9.69 Å². The second-order valence-corrected chi connectivity index (χ2v) is 5.04. The number of para-hydroxylation sites is 1. The zero-order valence-electron chi connectivity index (χ0n) is 11.6. The zero-order chi connectivity index (χ0) is 13.7. The van der Waals surface area contributed by atoms with Gasteiger partial charge in [0.15, 0.2) is 5.78 Å². The number of hydrogen-bond acceptors (Lipinski definition) is 4. The molecule has 1 aliphatic heterocycles. The highest BCUT2D eigenvalue weighted by atomic mass is 16.1. The summed E-state index contributed by atoms with van der Waals surface area (Å²) in [7, 11) is 0. The standard InChI is InChI=1S/C15H23N3O/c1-13(19)14-5-2-3-6-15(14)18-11-9-17(10-12-18)8-4-7-16/h2-3,5-6H,4,7-12,16H2,1H3. The van der Waals surface area contributed by atoms with Gasteiger partial charge in [-0.1, -0.05) is 12.1 Å². The molecule has 104 valence electrons. The van der Waals surface area contributed by atoms with Crippen LogP contribution in [0.1, 0.15) is 23.7 Å². The van der Waals surface area contributed by atoms with Crippen molar-refractivity contribution < 1.29 is 4.79 Å². The maximum atomic E-state index is 11.7. The van der Waals surface area contributed by atoms with Crippen molar-refractivity contribution in [3.05, 3.63) is 29.8 Å². The average Bonchev–Trinajstić information content (AvgIpc) is 2.45. The lowest BCUT2D eigenvalue weighted by Gasteiger charge is -2.36. The van der Waals surface area contributed by atoms with Crippen LogP contribution in [-0.2, 0) is 0 Å². The third kappa shape index (κ3) is 3.55. The molecule has 0 radical (unpaired) electrons. The number of benzene rings is 1. The Morgan fingerprint density at radius 2 is 1.89 bits per heavy atom. The first-order valence-corrected chi connectivity index (χ1v) is 6.99. The van der Waals surface area contributed by atoms with E-state index >= 15 is 0 Å². The molecule has 4 heteroatoms. The molecule has 0 aliphatic carbocycles. The van der Waals surface area contributed by atoms with Crippen molar-refractivity contribution in [2.24, 2.45) is 5.73 Å². The maximum Gasteiger partial charge on any atom is 0.161 e. The van der Waals surface area contributed by atoms with Crippen molar-refractivity contribution >= 4 is 11.5 Å². The molecule has 19 heavy (non-hydrogen) atoms. The number of nitrogens with two attached hydrogens (primary N) is 1. The highest BCUT2D eigenvalue weighted by Gasteiger charge is 2.19. The largest absolute Gasteiger partial charge is 0.368 e. The summed E-state index contributed by atoms with van der Waals surface area (Å²) in [6.07, 6.45) is 1.06. The van der Waals surface area contributed by atoms with Gasteiger partial charge < -0.3 is 10.6 Å². The van der Waals surface area contributed by atoms with Crippen molar-refractivity contribution in [2.75, 3.05) is 44.2 Å². The van der Waals surface area contributed by atoms with Crippen LogP contribution >= 0.6 is 0 Å². The van der Waals surface area contributed by atoms with E-state index in [0.717, 1.165) is 56.9 Å². The minimum Gasteiger partial charge on any atom is -0.368 e. The number of rotatable bonds is 5. The fourth-order valence-electron chi connectivity index (χ4n) is 2.57. The molecule has 2 rings (SSSR count). The van der Waals surface area contributed by atoms with Gasteiger partial charge in [0, 0.05) is 37.4 Å². The Morgan fingerprint density at radius 3 is 2.53 bits per heavy atom. The van der Waals surface area contributed by atoms with Crippen molar-refractivity contribution in [1.82, 2.24) is 4.90 Å². The van der Waals surface area contributed by atoms with Crippen molar-refractivity contribution in [2.45, 2.75) is 13.3 Å². The summed E-state index contributed by atoms with van der Waals surface area (Å²) in [6, 6.07) is 7.89. The Morgan fingerprint density at radius 1 is 1.21 bits per heavy atom.